The third kappa shape index (κ3) is 4.68. The minimum absolute atomic E-state index is 0.0387. The van der Waals surface area contributed by atoms with E-state index in [0.29, 0.717) is 46.5 Å². The molecule has 38 heavy (non-hydrogen) atoms. The Morgan fingerprint density at radius 1 is 0.974 bits per heavy atom. The van der Waals surface area contributed by atoms with Gasteiger partial charge in [0, 0.05) is 5.56 Å². The van der Waals surface area contributed by atoms with Gasteiger partial charge in [-0.1, -0.05) is 30.4 Å². The summed E-state index contributed by atoms with van der Waals surface area (Å²) in [6, 6.07) is 17.4. The van der Waals surface area contributed by atoms with Crippen molar-refractivity contribution in [3.8, 4) is 17.2 Å². The summed E-state index contributed by atoms with van der Waals surface area (Å²) in [7, 11) is 0. The molecule has 1 aromatic heterocycles. The average Bonchev–Trinajstić information content (AvgIpc) is 3.45. The summed E-state index contributed by atoms with van der Waals surface area (Å²) in [5, 5.41) is 21.5. The van der Waals surface area contributed by atoms with Crippen molar-refractivity contribution in [2.24, 2.45) is 0 Å². The number of rotatable bonds is 8. The number of Topliss-reactive ketones (excluding diaryl/α,β-unsaturated/α-hetero) is 1. The highest BCUT2D eigenvalue weighted by atomic mass is 32.1. The number of hydrogen-bond acceptors (Lipinski definition) is 8. The maximum Gasteiger partial charge on any atom is 0.301 e. The van der Waals surface area contributed by atoms with Gasteiger partial charge in [0.2, 0.25) is 0 Å². The Balaban J connectivity index is 1.62. The zero-order chi connectivity index (χ0) is 26.8. The standard InChI is InChI=1S/C29H26N2O6S/c1-3-15-37-20-11-7-18(8-12-20)26(33)24-25(17-5-9-19(32)10-6-17)31(28(35)27(24)34)29-30-22-14-13-21(36-4-2)16-23(22)38-29/h5-14,16,25,32-33H,3-4,15H2,1-2H3. The Kier molecular flexibility index (Phi) is 7.02. The van der Waals surface area contributed by atoms with E-state index in [0.717, 1.165) is 11.1 Å². The van der Waals surface area contributed by atoms with E-state index in [1.54, 1.807) is 48.5 Å². The van der Waals surface area contributed by atoms with Crippen LogP contribution in [0.3, 0.4) is 0 Å². The molecule has 8 nitrogen and oxygen atoms in total. The second kappa shape index (κ2) is 10.5. The van der Waals surface area contributed by atoms with Crippen LogP contribution < -0.4 is 14.4 Å². The number of thiazole rings is 1. The highest BCUT2D eigenvalue weighted by Gasteiger charge is 2.48. The van der Waals surface area contributed by atoms with Crippen molar-refractivity contribution in [1.82, 2.24) is 4.98 Å². The van der Waals surface area contributed by atoms with E-state index in [2.05, 4.69) is 4.98 Å². The van der Waals surface area contributed by atoms with E-state index < -0.39 is 17.7 Å². The van der Waals surface area contributed by atoms with E-state index in [9.17, 15) is 19.8 Å². The molecule has 1 aliphatic heterocycles. The predicted molar refractivity (Wildman–Crippen MR) is 146 cm³/mol. The molecule has 1 unspecified atom stereocenters. The first-order valence-corrected chi connectivity index (χ1v) is 13.1. The van der Waals surface area contributed by atoms with Crippen LogP contribution in [-0.4, -0.2) is 40.1 Å². The molecular formula is C29H26N2O6S. The van der Waals surface area contributed by atoms with Gasteiger partial charge in [-0.3, -0.25) is 14.5 Å². The number of ketones is 1. The van der Waals surface area contributed by atoms with Crippen LogP contribution in [0.2, 0.25) is 0 Å². The molecule has 0 aliphatic carbocycles. The van der Waals surface area contributed by atoms with Crippen molar-refractivity contribution < 1.29 is 29.3 Å². The summed E-state index contributed by atoms with van der Waals surface area (Å²) in [6.45, 7) is 4.97. The lowest BCUT2D eigenvalue weighted by atomic mass is 9.95. The van der Waals surface area contributed by atoms with Crippen LogP contribution in [0.25, 0.3) is 16.0 Å². The molecular weight excluding hydrogens is 504 g/mol. The summed E-state index contributed by atoms with van der Waals surface area (Å²) < 4.78 is 12.0. The second-order valence-electron chi connectivity index (χ2n) is 8.69. The Bertz CT molecular complexity index is 1530. The molecule has 0 spiro atoms. The number of carbonyl (C=O) groups is 2. The van der Waals surface area contributed by atoms with Gasteiger partial charge in [0.25, 0.3) is 5.78 Å². The SMILES string of the molecule is CCCOc1ccc(C(O)=C2C(=O)C(=O)N(c3nc4ccc(OCC)cc4s3)C2c2ccc(O)cc2)cc1. The van der Waals surface area contributed by atoms with Gasteiger partial charge in [-0.05, 0) is 73.5 Å². The Hall–Kier alpha value is -4.37. The van der Waals surface area contributed by atoms with Gasteiger partial charge < -0.3 is 19.7 Å². The number of amides is 1. The molecule has 1 aliphatic rings. The number of nitrogens with zero attached hydrogens (tertiary/aromatic N) is 2. The number of phenolic OH excluding ortho intramolecular Hbond substituents is 1. The predicted octanol–water partition coefficient (Wildman–Crippen LogP) is 5.82. The number of hydrogen-bond donors (Lipinski definition) is 2. The molecule has 1 amide bonds. The van der Waals surface area contributed by atoms with E-state index in [-0.39, 0.29) is 17.1 Å². The van der Waals surface area contributed by atoms with E-state index in [4.69, 9.17) is 9.47 Å². The maximum absolute atomic E-state index is 13.4. The number of aliphatic hydroxyl groups excluding tert-OH is 1. The number of aromatic hydroxyl groups is 1. The zero-order valence-electron chi connectivity index (χ0n) is 20.9. The fourth-order valence-corrected chi connectivity index (χ4v) is 5.36. The third-order valence-corrected chi connectivity index (χ3v) is 7.14. The second-order valence-corrected chi connectivity index (χ2v) is 9.70. The molecule has 1 saturated heterocycles. The number of carbonyl (C=O) groups excluding carboxylic acids is 2. The molecule has 2 N–H and O–H groups in total. The first-order valence-electron chi connectivity index (χ1n) is 12.3. The molecule has 0 saturated carbocycles. The molecule has 1 atom stereocenters. The number of benzene rings is 3. The minimum atomic E-state index is -0.946. The van der Waals surface area contributed by atoms with Crippen LogP contribution in [0, 0.1) is 0 Å². The van der Waals surface area contributed by atoms with Crippen LogP contribution in [-0.2, 0) is 9.59 Å². The van der Waals surface area contributed by atoms with Crippen molar-refractivity contribution in [3.63, 3.8) is 0 Å². The molecule has 0 radical (unpaired) electrons. The van der Waals surface area contributed by atoms with Gasteiger partial charge in [-0.2, -0.15) is 0 Å². The maximum atomic E-state index is 13.4. The van der Waals surface area contributed by atoms with Crippen LogP contribution in [0.15, 0.2) is 72.3 Å². The topological polar surface area (TPSA) is 109 Å². The normalized spacial score (nSPS) is 16.8. The lowest BCUT2D eigenvalue weighted by Crippen LogP contribution is -2.29. The van der Waals surface area contributed by atoms with Crippen LogP contribution in [0.5, 0.6) is 17.2 Å². The van der Waals surface area contributed by atoms with Gasteiger partial charge in [0.1, 0.15) is 23.0 Å². The van der Waals surface area contributed by atoms with E-state index in [1.165, 1.54) is 28.4 Å². The Morgan fingerprint density at radius 3 is 2.37 bits per heavy atom. The van der Waals surface area contributed by atoms with Gasteiger partial charge in [0.05, 0.1) is 35.0 Å². The highest BCUT2D eigenvalue weighted by Crippen LogP contribution is 2.45. The number of aromatic nitrogens is 1. The van der Waals surface area contributed by atoms with Gasteiger partial charge in [-0.25, -0.2) is 4.98 Å². The largest absolute Gasteiger partial charge is 0.508 e. The van der Waals surface area contributed by atoms with E-state index >= 15 is 0 Å². The number of fused-ring (bicyclic) bond motifs is 1. The van der Waals surface area contributed by atoms with Crippen LogP contribution in [0.1, 0.15) is 37.4 Å². The van der Waals surface area contributed by atoms with Crippen molar-refractivity contribution in [3.05, 3.63) is 83.4 Å². The Labute approximate surface area is 223 Å². The van der Waals surface area contributed by atoms with Gasteiger partial charge in [0.15, 0.2) is 5.13 Å². The molecule has 0 bridgehead atoms. The lowest BCUT2D eigenvalue weighted by molar-refractivity contribution is -0.132. The Morgan fingerprint density at radius 2 is 1.68 bits per heavy atom. The smallest absolute Gasteiger partial charge is 0.301 e. The molecule has 2 heterocycles. The van der Waals surface area contributed by atoms with E-state index in [1.807, 2.05) is 19.9 Å². The molecule has 3 aromatic carbocycles. The monoisotopic (exact) mass is 530 g/mol. The van der Waals surface area contributed by atoms with Crippen molar-refractivity contribution in [1.29, 1.82) is 0 Å². The zero-order valence-corrected chi connectivity index (χ0v) is 21.7. The highest BCUT2D eigenvalue weighted by molar-refractivity contribution is 7.22. The summed E-state index contributed by atoms with van der Waals surface area (Å²) in [6.07, 6.45) is 0.858. The van der Waals surface area contributed by atoms with Crippen molar-refractivity contribution >= 4 is 44.1 Å². The number of anilines is 1. The van der Waals surface area contributed by atoms with Gasteiger partial charge in [-0.15, -0.1) is 0 Å². The van der Waals surface area contributed by atoms with Crippen molar-refractivity contribution in [2.45, 2.75) is 26.3 Å². The average molecular weight is 531 g/mol. The fraction of sp³-hybridized carbons (Fsp3) is 0.207. The summed E-state index contributed by atoms with van der Waals surface area (Å²) in [4.78, 5) is 32.8. The fourth-order valence-electron chi connectivity index (χ4n) is 4.34. The first kappa shape index (κ1) is 25.3. The molecule has 9 heteroatoms. The summed E-state index contributed by atoms with van der Waals surface area (Å²) in [5.41, 5.74) is 1.52. The number of aliphatic hydroxyl groups is 1. The first-order chi connectivity index (χ1) is 18.4. The third-order valence-electron chi connectivity index (χ3n) is 6.12. The molecule has 1 fully saturated rings. The lowest BCUT2D eigenvalue weighted by Gasteiger charge is -2.23. The molecule has 4 aromatic rings. The quantitative estimate of drug-likeness (QED) is 0.168. The summed E-state index contributed by atoms with van der Waals surface area (Å²) in [5.74, 6) is -0.557. The molecule has 5 rings (SSSR count). The van der Waals surface area contributed by atoms with Crippen LogP contribution in [0.4, 0.5) is 5.13 Å². The minimum Gasteiger partial charge on any atom is -0.508 e. The van der Waals surface area contributed by atoms with Crippen molar-refractivity contribution in [2.75, 3.05) is 18.1 Å². The summed E-state index contributed by atoms with van der Waals surface area (Å²) >= 11 is 1.25. The number of phenols is 1. The number of ether oxygens (including phenoxy) is 2. The molecule has 194 valence electrons. The van der Waals surface area contributed by atoms with Crippen LogP contribution >= 0.6 is 11.3 Å². The van der Waals surface area contributed by atoms with Gasteiger partial charge >= 0.3 is 5.91 Å².